The second kappa shape index (κ2) is 4.57. The Kier molecular flexibility index (Phi) is 3.16. The molecule has 4 heteroatoms. The van der Waals surface area contributed by atoms with E-state index in [-0.39, 0.29) is 5.92 Å². The number of nitrogen functional groups attached to an aromatic ring is 1. The summed E-state index contributed by atoms with van der Waals surface area (Å²) < 4.78 is 14.1. The zero-order chi connectivity index (χ0) is 10.7. The van der Waals surface area contributed by atoms with Gasteiger partial charge in [-0.05, 0) is 25.5 Å². The Bertz CT molecular complexity index is 323. The van der Waals surface area contributed by atoms with E-state index in [1.165, 1.54) is 6.20 Å². The van der Waals surface area contributed by atoms with Crippen molar-refractivity contribution in [3.8, 4) is 0 Å². The molecule has 1 fully saturated rings. The van der Waals surface area contributed by atoms with Crippen molar-refractivity contribution in [2.45, 2.75) is 19.0 Å². The molecule has 2 atom stereocenters. The molecule has 82 valence electrons. The zero-order valence-electron chi connectivity index (χ0n) is 8.62. The molecule has 0 spiro atoms. The third-order valence-electron chi connectivity index (χ3n) is 2.93. The Morgan fingerprint density at radius 3 is 3.13 bits per heavy atom. The Morgan fingerprint density at radius 1 is 1.60 bits per heavy atom. The van der Waals surface area contributed by atoms with Crippen LogP contribution in [0.15, 0.2) is 18.5 Å². The lowest BCUT2D eigenvalue weighted by Crippen LogP contribution is -2.32. The van der Waals surface area contributed by atoms with Gasteiger partial charge in [0.25, 0.3) is 0 Å². The van der Waals surface area contributed by atoms with Gasteiger partial charge in [0.2, 0.25) is 0 Å². The van der Waals surface area contributed by atoms with Gasteiger partial charge in [0.05, 0.1) is 0 Å². The molecule has 2 heterocycles. The topological polar surface area (TPSA) is 50.9 Å². The number of anilines is 1. The van der Waals surface area contributed by atoms with Crippen molar-refractivity contribution in [3.63, 3.8) is 0 Å². The summed E-state index contributed by atoms with van der Waals surface area (Å²) in [6.07, 6.45) is 4.08. The van der Waals surface area contributed by atoms with Gasteiger partial charge < -0.3 is 11.1 Å². The molecule has 1 aromatic heterocycles. The minimum Gasteiger partial charge on any atom is -0.398 e. The van der Waals surface area contributed by atoms with Gasteiger partial charge in [0, 0.05) is 36.1 Å². The van der Waals surface area contributed by atoms with Crippen LogP contribution in [0.2, 0.25) is 0 Å². The maximum Gasteiger partial charge on any atom is 0.133 e. The van der Waals surface area contributed by atoms with Crippen LogP contribution in [0.4, 0.5) is 10.1 Å². The highest BCUT2D eigenvalue weighted by atomic mass is 19.1. The fourth-order valence-electron chi connectivity index (χ4n) is 2.03. The lowest BCUT2D eigenvalue weighted by molar-refractivity contribution is 0.195. The lowest BCUT2D eigenvalue weighted by atomic mass is 9.90. The van der Waals surface area contributed by atoms with E-state index in [0.717, 1.165) is 25.9 Å². The fourth-order valence-corrected chi connectivity index (χ4v) is 2.03. The number of rotatable bonds is 2. The first kappa shape index (κ1) is 10.4. The molecule has 1 aliphatic rings. The number of nitrogens with one attached hydrogen (secondary N) is 1. The first-order valence-electron chi connectivity index (χ1n) is 5.33. The number of halogens is 1. The second-order valence-electron chi connectivity index (χ2n) is 4.01. The van der Waals surface area contributed by atoms with E-state index in [4.69, 9.17) is 5.73 Å². The van der Waals surface area contributed by atoms with Crippen molar-refractivity contribution in [3.05, 3.63) is 24.0 Å². The molecule has 0 bridgehead atoms. The van der Waals surface area contributed by atoms with Crippen LogP contribution in [-0.4, -0.2) is 18.1 Å². The van der Waals surface area contributed by atoms with Crippen LogP contribution in [0, 0.1) is 5.92 Å². The average molecular weight is 209 g/mol. The van der Waals surface area contributed by atoms with Crippen LogP contribution in [0.1, 0.15) is 24.6 Å². The standard InChI is InChI=1S/C11H16FN3/c12-11(8-2-1-4-14-6-8)9-7-15-5-3-10(9)13/h3,5,7-8,11,14H,1-2,4,6H2,(H2,13,15). The van der Waals surface area contributed by atoms with E-state index in [2.05, 4.69) is 10.3 Å². The highest BCUT2D eigenvalue weighted by Gasteiger charge is 2.26. The molecule has 3 N–H and O–H groups in total. The van der Waals surface area contributed by atoms with E-state index in [1.807, 2.05) is 0 Å². The predicted molar refractivity (Wildman–Crippen MR) is 58.1 cm³/mol. The maximum absolute atomic E-state index is 14.1. The van der Waals surface area contributed by atoms with Gasteiger partial charge in [0.1, 0.15) is 6.17 Å². The number of hydrogen-bond donors (Lipinski definition) is 2. The number of nitrogens with two attached hydrogens (primary N) is 1. The van der Waals surface area contributed by atoms with E-state index in [9.17, 15) is 4.39 Å². The lowest BCUT2D eigenvalue weighted by Gasteiger charge is -2.26. The molecule has 0 radical (unpaired) electrons. The Labute approximate surface area is 88.9 Å². The van der Waals surface area contributed by atoms with Crippen LogP contribution >= 0.6 is 0 Å². The van der Waals surface area contributed by atoms with E-state index >= 15 is 0 Å². The number of pyridine rings is 1. The summed E-state index contributed by atoms with van der Waals surface area (Å²) in [6, 6.07) is 1.65. The molecular weight excluding hydrogens is 193 g/mol. The molecular formula is C11H16FN3. The van der Waals surface area contributed by atoms with Crippen molar-refractivity contribution in [1.82, 2.24) is 10.3 Å². The third kappa shape index (κ3) is 2.26. The maximum atomic E-state index is 14.1. The van der Waals surface area contributed by atoms with Crippen molar-refractivity contribution >= 4 is 5.69 Å². The Morgan fingerprint density at radius 2 is 2.47 bits per heavy atom. The summed E-state index contributed by atoms with van der Waals surface area (Å²) in [4.78, 5) is 3.92. The number of hydrogen-bond acceptors (Lipinski definition) is 3. The fraction of sp³-hybridized carbons (Fsp3) is 0.545. The highest BCUT2D eigenvalue weighted by Crippen LogP contribution is 2.33. The van der Waals surface area contributed by atoms with Crippen LogP contribution in [0.3, 0.4) is 0 Å². The second-order valence-corrected chi connectivity index (χ2v) is 4.01. The minimum absolute atomic E-state index is 0.0326. The molecule has 0 saturated carbocycles. The molecule has 0 amide bonds. The van der Waals surface area contributed by atoms with Gasteiger partial charge in [-0.15, -0.1) is 0 Å². The molecule has 2 unspecified atom stereocenters. The van der Waals surface area contributed by atoms with E-state index in [1.54, 1.807) is 12.3 Å². The van der Waals surface area contributed by atoms with Crippen LogP contribution in [0.5, 0.6) is 0 Å². The van der Waals surface area contributed by atoms with Gasteiger partial charge in [-0.3, -0.25) is 4.98 Å². The normalized spacial score (nSPS) is 23.7. The number of aromatic nitrogens is 1. The largest absolute Gasteiger partial charge is 0.398 e. The highest BCUT2D eigenvalue weighted by molar-refractivity contribution is 5.45. The molecule has 0 aromatic carbocycles. The summed E-state index contributed by atoms with van der Waals surface area (Å²) in [7, 11) is 0. The Hall–Kier alpha value is -1.16. The summed E-state index contributed by atoms with van der Waals surface area (Å²) in [5.41, 5.74) is 6.76. The van der Waals surface area contributed by atoms with Crippen molar-refractivity contribution < 1.29 is 4.39 Å². The third-order valence-corrected chi connectivity index (χ3v) is 2.93. The molecule has 1 aromatic rings. The molecule has 2 rings (SSSR count). The van der Waals surface area contributed by atoms with E-state index in [0.29, 0.717) is 11.3 Å². The summed E-state index contributed by atoms with van der Waals surface area (Å²) in [5.74, 6) is 0.0326. The van der Waals surface area contributed by atoms with Crippen LogP contribution < -0.4 is 11.1 Å². The monoisotopic (exact) mass is 209 g/mol. The van der Waals surface area contributed by atoms with Gasteiger partial charge >= 0.3 is 0 Å². The average Bonchev–Trinajstić information content (AvgIpc) is 2.30. The summed E-state index contributed by atoms with van der Waals surface area (Å²) >= 11 is 0. The van der Waals surface area contributed by atoms with Gasteiger partial charge in [-0.25, -0.2) is 4.39 Å². The predicted octanol–water partition coefficient (Wildman–Crippen LogP) is 1.67. The van der Waals surface area contributed by atoms with Crippen LogP contribution in [0.25, 0.3) is 0 Å². The van der Waals surface area contributed by atoms with Gasteiger partial charge in [-0.1, -0.05) is 0 Å². The molecule has 3 nitrogen and oxygen atoms in total. The van der Waals surface area contributed by atoms with Crippen LogP contribution in [-0.2, 0) is 0 Å². The minimum atomic E-state index is -0.994. The van der Waals surface area contributed by atoms with Crippen molar-refractivity contribution in [2.24, 2.45) is 5.92 Å². The van der Waals surface area contributed by atoms with Gasteiger partial charge in [0.15, 0.2) is 0 Å². The molecule has 1 saturated heterocycles. The SMILES string of the molecule is Nc1ccncc1C(F)C1CCCNC1. The number of piperidine rings is 1. The Balaban J connectivity index is 2.12. The van der Waals surface area contributed by atoms with Crippen molar-refractivity contribution in [2.75, 3.05) is 18.8 Å². The van der Waals surface area contributed by atoms with E-state index < -0.39 is 6.17 Å². The molecule has 15 heavy (non-hydrogen) atoms. The first-order chi connectivity index (χ1) is 7.29. The zero-order valence-corrected chi connectivity index (χ0v) is 8.62. The molecule has 0 aliphatic carbocycles. The smallest absolute Gasteiger partial charge is 0.133 e. The van der Waals surface area contributed by atoms with Crippen molar-refractivity contribution in [1.29, 1.82) is 0 Å². The first-order valence-corrected chi connectivity index (χ1v) is 5.33. The summed E-state index contributed by atoms with van der Waals surface area (Å²) in [6.45, 7) is 1.72. The number of alkyl halides is 1. The quantitative estimate of drug-likeness (QED) is 0.779. The van der Waals surface area contributed by atoms with Gasteiger partial charge in [-0.2, -0.15) is 0 Å². The molecule has 1 aliphatic heterocycles. The number of nitrogens with zero attached hydrogens (tertiary/aromatic N) is 1. The summed E-state index contributed by atoms with van der Waals surface area (Å²) in [5, 5.41) is 3.20.